The van der Waals surface area contributed by atoms with Gasteiger partial charge in [-0.15, -0.1) is 12.4 Å². The summed E-state index contributed by atoms with van der Waals surface area (Å²) in [5.41, 5.74) is 5.51. The highest BCUT2D eigenvalue weighted by molar-refractivity contribution is 5.86. The number of nitrogens with two attached hydrogens (primary N) is 1. The Hall–Kier alpha value is -1.46. The molecule has 0 spiro atoms. The maximum atomic E-state index is 12.3. The highest BCUT2D eigenvalue weighted by Crippen LogP contribution is 2.26. The molecule has 1 saturated carbocycles. The number of carbonyl (C=O) groups excluding carboxylic acids is 1. The molecular weight excluding hydrogens is 316 g/mol. The van der Waals surface area contributed by atoms with Crippen LogP contribution in [0.5, 0.6) is 11.5 Å². The normalized spacial score (nSPS) is 17.5. The molecule has 3 N–H and O–H groups in total. The summed E-state index contributed by atoms with van der Waals surface area (Å²) in [6.45, 7) is 2.37. The van der Waals surface area contributed by atoms with Crippen LogP contribution in [0.3, 0.4) is 0 Å². The zero-order valence-corrected chi connectivity index (χ0v) is 14.7. The molecule has 1 amide bonds. The number of hydrogen-bond acceptors (Lipinski definition) is 4. The number of methoxy groups -OCH3 is 1. The summed E-state index contributed by atoms with van der Waals surface area (Å²) < 4.78 is 10.9. The number of rotatable bonds is 6. The predicted molar refractivity (Wildman–Crippen MR) is 93.3 cm³/mol. The molecule has 0 saturated heterocycles. The molecule has 0 aliphatic heterocycles. The van der Waals surface area contributed by atoms with Gasteiger partial charge < -0.3 is 20.5 Å². The van der Waals surface area contributed by atoms with Crippen molar-refractivity contribution >= 4 is 18.3 Å². The van der Waals surface area contributed by atoms with Gasteiger partial charge in [-0.3, -0.25) is 4.79 Å². The molecule has 0 radical (unpaired) electrons. The third kappa shape index (κ3) is 5.59. The lowest BCUT2D eigenvalue weighted by molar-refractivity contribution is -0.127. The van der Waals surface area contributed by atoms with E-state index in [2.05, 4.69) is 5.32 Å². The summed E-state index contributed by atoms with van der Waals surface area (Å²) in [5, 5.41) is 2.92. The molecule has 0 heterocycles. The van der Waals surface area contributed by atoms with E-state index in [1.165, 1.54) is 6.42 Å². The molecule has 130 valence electrons. The number of carbonyl (C=O) groups is 1. The summed E-state index contributed by atoms with van der Waals surface area (Å²) in [7, 11) is 1.63. The van der Waals surface area contributed by atoms with Crippen molar-refractivity contribution < 1.29 is 14.3 Å². The zero-order valence-electron chi connectivity index (χ0n) is 13.8. The van der Waals surface area contributed by atoms with Crippen molar-refractivity contribution in [2.45, 2.75) is 50.7 Å². The van der Waals surface area contributed by atoms with Crippen LogP contribution in [0, 0.1) is 0 Å². The van der Waals surface area contributed by atoms with E-state index in [9.17, 15) is 4.79 Å². The lowest BCUT2D eigenvalue weighted by Crippen LogP contribution is -2.56. The highest BCUT2D eigenvalue weighted by atomic mass is 35.5. The van der Waals surface area contributed by atoms with Crippen LogP contribution in [0.15, 0.2) is 24.3 Å². The predicted octanol–water partition coefficient (Wildman–Crippen LogP) is 2.66. The van der Waals surface area contributed by atoms with E-state index in [4.69, 9.17) is 15.2 Å². The van der Waals surface area contributed by atoms with Crippen molar-refractivity contribution in [2.24, 2.45) is 5.73 Å². The van der Waals surface area contributed by atoms with Crippen molar-refractivity contribution in [1.82, 2.24) is 5.32 Å². The van der Waals surface area contributed by atoms with Crippen LogP contribution in [0.1, 0.15) is 39.0 Å². The van der Waals surface area contributed by atoms with Crippen LogP contribution >= 0.6 is 12.4 Å². The lowest BCUT2D eigenvalue weighted by Gasteiger charge is -2.32. The topological polar surface area (TPSA) is 73.6 Å². The molecule has 0 aromatic heterocycles. The molecule has 1 aliphatic carbocycles. The average molecular weight is 343 g/mol. The highest BCUT2D eigenvalue weighted by Gasteiger charge is 2.35. The Morgan fingerprint density at radius 1 is 1.22 bits per heavy atom. The van der Waals surface area contributed by atoms with E-state index in [1.54, 1.807) is 7.11 Å². The van der Waals surface area contributed by atoms with Gasteiger partial charge in [-0.2, -0.15) is 0 Å². The molecule has 2 rings (SSSR count). The van der Waals surface area contributed by atoms with Crippen LogP contribution in [0.2, 0.25) is 0 Å². The van der Waals surface area contributed by atoms with E-state index in [0.717, 1.165) is 37.2 Å². The van der Waals surface area contributed by atoms with E-state index < -0.39 is 5.54 Å². The smallest absolute Gasteiger partial charge is 0.240 e. The fraction of sp³-hybridized carbons (Fsp3) is 0.588. The van der Waals surface area contributed by atoms with Crippen molar-refractivity contribution in [3.05, 3.63) is 24.3 Å². The minimum Gasteiger partial charge on any atom is -0.497 e. The van der Waals surface area contributed by atoms with Crippen molar-refractivity contribution in [3.63, 3.8) is 0 Å². The van der Waals surface area contributed by atoms with E-state index in [1.807, 2.05) is 31.2 Å². The number of nitrogens with one attached hydrogen (secondary N) is 1. The Balaban J connectivity index is 0.00000264. The largest absolute Gasteiger partial charge is 0.497 e. The Kier molecular flexibility index (Phi) is 7.65. The van der Waals surface area contributed by atoms with Crippen molar-refractivity contribution in [3.8, 4) is 11.5 Å². The maximum Gasteiger partial charge on any atom is 0.240 e. The quantitative estimate of drug-likeness (QED) is 0.833. The van der Waals surface area contributed by atoms with Crippen molar-refractivity contribution in [1.29, 1.82) is 0 Å². The van der Waals surface area contributed by atoms with Gasteiger partial charge >= 0.3 is 0 Å². The summed E-state index contributed by atoms with van der Waals surface area (Å²) in [5.74, 6) is 1.48. The van der Waals surface area contributed by atoms with Gasteiger partial charge in [0, 0.05) is 0 Å². The fourth-order valence-corrected chi connectivity index (χ4v) is 2.75. The van der Waals surface area contributed by atoms with Gasteiger partial charge in [0.05, 0.1) is 19.2 Å². The van der Waals surface area contributed by atoms with Crippen LogP contribution in [-0.2, 0) is 4.79 Å². The molecule has 5 nitrogen and oxygen atoms in total. The SMILES string of the molecule is COc1ccc(OC(C)CNC(=O)C2(N)CCCCC2)cc1.Cl. The first-order valence-corrected chi connectivity index (χ1v) is 7.91. The minimum atomic E-state index is -0.696. The van der Waals surface area contributed by atoms with Crippen LogP contribution < -0.4 is 20.5 Å². The molecule has 1 fully saturated rings. The molecule has 1 unspecified atom stereocenters. The maximum absolute atomic E-state index is 12.3. The van der Waals surface area contributed by atoms with Gasteiger partial charge in [-0.1, -0.05) is 19.3 Å². The zero-order chi connectivity index (χ0) is 16.0. The molecule has 1 aromatic carbocycles. The van der Waals surface area contributed by atoms with E-state index >= 15 is 0 Å². The minimum absolute atomic E-state index is 0. The van der Waals surface area contributed by atoms with Gasteiger partial charge in [0.25, 0.3) is 0 Å². The summed E-state index contributed by atoms with van der Waals surface area (Å²) >= 11 is 0. The second-order valence-electron chi connectivity index (χ2n) is 6.03. The van der Waals surface area contributed by atoms with Gasteiger partial charge in [0.15, 0.2) is 0 Å². The molecule has 0 bridgehead atoms. The lowest BCUT2D eigenvalue weighted by atomic mass is 9.82. The standard InChI is InChI=1S/C17H26N2O3.ClH/c1-13(22-15-8-6-14(21-2)7-9-15)12-19-16(20)17(18)10-4-3-5-11-17;/h6-9,13H,3-5,10-12,18H2,1-2H3,(H,19,20);1H. The summed E-state index contributed by atoms with van der Waals surface area (Å²) in [6.07, 6.45) is 4.65. The number of benzene rings is 1. The summed E-state index contributed by atoms with van der Waals surface area (Å²) in [4.78, 5) is 12.3. The van der Waals surface area contributed by atoms with Crippen LogP contribution in [0.4, 0.5) is 0 Å². The Morgan fingerprint density at radius 3 is 2.35 bits per heavy atom. The van der Waals surface area contributed by atoms with Crippen LogP contribution in [-0.4, -0.2) is 31.2 Å². The molecule has 23 heavy (non-hydrogen) atoms. The second-order valence-corrected chi connectivity index (χ2v) is 6.03. The molecule has 6 heteroatoms. The first kappa shape index (κ1) is 19.6. The number of ether oxygens (including phenoxy) is 2. The van der Waals surface area contributed by atoms with Gasteiger partial charge in [-0.25, -0.2) is 0 Å². The number of amides is 1. The Morgan fingerprint density at radius 2 is 1.78 bits per heavy atom. The summed E-state index contributed by atoms with van der Waals surface area (Å²) in [6, 6.07) is 7.39. The van der Waals surface area contributed by atoms with Gasteiger partial charge in [0.2, 0.25) is 5.91 Å². The molecular formula is C17H27ClN2O3. The second kappa shape index (κ2) is 8.99. The Bertz CT molecular complexity index is 487. The fourth-order valence-electron chi connectivity index (χ4n) is 2.75. The van der Waals surface area contributed by atoms with Gasteiger partial charge in [0.1, 0.15) is 17.6 Å². The molecule has 1 atom stereocenters. The average Bonchev–Trinajstić information content (AvgIpc) is 2.54. The van der Waals surface area contributed by atoms with Crippen LogP contribution in [0.25, 0.3) is 0 Å². The number of hydrogen-bond donors (Lipinski definition) is 2. The van der Waals surface area contributed by atoms with Crippen molar-refractivity contribution in [2.75, 3.05) is 13.7 Å². The van der Waals surface area contributed by atoms with Gasteiger partial charge in [-0.05, 0) is 44.0 Å². The Labute approximate surface area is 144 Å². The monoisotopic (exact) mass is 342 g/mol. The third-order valence-electron chi connectivity index (χ3n) is 4.14. The third-order valence-corrected chi connectivity index (χ3v) is 4.14. The first-order chi connectivity index (χ1) is 10.5. The first-order valence-electron chi connectivity index (χ1n) is 7.91. The number of halogens is 1. The molecule has 1 aliphatic rings. The molecule has 1 aromatic rings. The van der Waals surface area contributed by atoms with E-state index in [0.29, 0.717) is 6.54 Å². The van der Waals surface area contributed by atoms with E-state index in [-0.39, 0.29) is 24.4 Å².